The van der Waals surface area contributed by atoms with E-state index in [1.165, 1.54) is 25.0 Å². The average Bonchev–Trinajstić information content (AvgIpc) is 2.37. The van der Waals surface area contributed by atoms with E-state index in [0.717, 1.165) is 11.3 Å². The minimum absolute atomic E-state index is 0.809. The van der Waals surface area contributed by atoms with Gasteiger partial charge in [-0.25, -0.2) is 0 Å². The topological polar surface area (TPSA) is 12.0 Å². The Kier molecular flexibility index (Phi) is 3.57. The molecule has 2 heteroatoms. The van der Waals surface area contributed by atoms with E-state index < -0.39 is 0 Å². The van der Waals surface area contributed by atoms with E-state index in [-0.39, 0.29) is 0 Å². The van der Waals surface area contributed by atoms with E-state index in [2.05, 4.69) is 31.1 Å². The second-order valence-electron chi connectivity index (χ2n) is 2.88. The summed E-state index contributed by atoms with van der Waals surface area (Å²) < 4.78 is 0. The Bertz CT molecular complexity index is 95.3. The first kappa shape index (κ1) is 8.41. The van der Waals surface area contributed by atoms with Crippen LogP contribution in [0.25, 0.3) is 0 Å². The number of rotatable bonds is 3. The first-order valence-electron chi connectivity index (χ1n) is 4.15. The smallest absolute Gasteiger partial charge is 0.00750 e. The zero-order valence-corrected chi connectivity index (χ0v) is 7.71. The van der Waals surface area contributed by atoms with Crippen LogP contribution >= 0.6 is 11.8 Å². The Morgan fingerprint density at radius 3 is 2.80 bits per heavy atom. The SMILES string of the molecule is CCS[C@@H]1CC[C@@H](NC)C1. The lowest BCUT2D eigenvalue weighted by molar-refractivity contribution is 0.583. The van der Waals surface area contributed by atoms with Crippen molar-refractivity contribution in [3.05, 3.63) is 0 Å². The van der Waals surface area contributed by atoms with Gasteiger partial charge in [0.1, 0.15) is 0 Å². The highest BCUT2D eigenvalue weighted by Gasteiger charge is 2.22. The molecule has 1 aliphatic carbocycles. The number of hydrogen-bond acceptors (Lipinski definition) is 2. The molecule has 0 saturated heterocycles. The Hall–Kier alpha value is 0.310. The van der Waals surface area contributed by atoms with E-state index in [1.54, 1.807) is 0 Å². The summed E-state index contributed by atoms with van der Waals surface area (Å²) in [7, 11) is 2.07. The monoisotopic (exact) mass is 159 g/mol. The van der Waals surface area contributed by atoms with E-state index in [4.69, 9.17) is 0 Å². The molecule has 0 radical (unpaired) electrons. The standard InChI is InChI=1S/C8H17NS/c1-3-10-8-5-4-7(6-8)9-2/h7-9H,3-6H2,1-2H3/t7-,8-/m1/s1. The van der Waals surface area contributed by atoms with Gasteiger partial charge in [-0.1, -0.05) is 6.92 Å². The molecule has 0 aliphatic heterocycles. The number of nitrogens with one attached hydrogen (secondary N) is 1. The molecule has 1 aliphatic rings. The predicted octanol–water partition coefficient (Wildman–Crippen LogP) is 1.88. The third-order valence-corrected chi connectivity index (χ3v) is 3.43. The fraction of sp³-hybridized carbons (Fsp3) is 1.00. The third-order valence-electron chi connectivity index (χ3n) is 2.20. The van der Waals surface area contributed by atoms with Crippen LogP contribution in [0.3, 0.4) is 0 Å². The second-order valence-corrected chi connectivity index (χ2v) is 4.45. The van der Waals surface area contributed by atoms with Crippen molar-refractivity contribution in [1.29, 1.82) is 0 Å². The maximum absolute atomic E-state index is 3.34. The molecule has 0 heterocycles. The van der Waals surface area contributed by atoms with E-state index in [0.29, 0.717) is 0 Å². The second kappa shape index (κ2) is 4.24. The van der Waals surface area contributed by atoms with Crippen LogP contribution in [-0.2, 0) is 0 Å². The summed E-state index contributed by atoms with van der Waals surface area (Å²) in [5.74, 6) is 1.28. The van der Waals surface area contributed by atoms with Crippen molar-refractivity contribution in [1.82, 2.24) is 5.32 Å². The Balaban J connectivity index is 2.15. The van der Waals surface area contributed by atoms with Crippen LogP contribution in [0.1, 0.15) is 26.2 Å². The Morgan fingerprint density at radius 2 is 2.30 bits per heavy atom. The fourth-order valence-electron chi connectivity index (χ4n) is 1.59. The molecule has 0 aromatic carbocycles. The molecule has 0 bridgehead atoms. The highest BCUT2D eigenvalue weighted by Crippen LogP contribution is 2.29. The zero-order valence-electron chi connectivity index (χ0n) is 6.89. The average molecular weight is 159 g/mol. The van der Waals surface area contributed by atoms with Gasteiger partial charge in [-0.2, -0.15) is 11.8 Å². The van der Waals surface area contributed by atoms with Crippen LogP contribution in [0.4, 0.5) is 0 Å². The molecule has 0 amide bonds. The Morgan fingerprint density at radius 1 is 1.50 bits per heavy atom. The van der Waals surface area contributed by atoms with E-state index in [1.807, 2.05) is 0 Å². The molecular formula is C8H17NS. The molecule has 1 saturated carbocycles. The van der Waals surface area contributed by atoms with Gasteiger partial charge < -0.3 is 5.32 Å². The summed E-state index contributed by atoms with van der Waals surface area (Å²) in [6.45, 7) is 2.25. The summed E-state index contributed by atoms with van der Waals surface area (Å²) in [4.78, 5) is 0. The summed E-state index contributed by atoms with van der Waals surface area (Å²) in [6, 6.07) is 0.809. The molecule has 0 unspecified atom stereocenters. The molecule has 10 heavy (non-hydrogen) atoms. The van der Waals surface area contributed by atoms with Crippen LogP contribution in [-0.4, -0.2) is 24.1 Å². The highest BCUT2D eigenvalue weighted by atomic mass is 32.2. The van der Waals surface area contributed by atoms with Crippen LogP contribution < -0.4 is 5.32 Å². The van der Waals surface area contributed by atoms with Crippen LogP contribution in [0.15, 0.2) is 0 Å². The minimum Gasteiger partial charge on any atom is -0.317 e. The maximum Gasteiger partial charge on any atom is 0.00750 e. The molecule has 1 N–H and O–H groups in total. The molecule has 0 aromatic heterocycles. The van der Waals surface area contributed by atoms with E-state index >= 15 is 0 Å². The van der Waals surface area contributed by atoms with Crippen molar-refractivity contribution in [3.8, 4) is 0 Å². The molecule has 1 rings (SSSR count). The summed E-state index contributed by atoms with van der Waals surface area (Å²) in [5.41, 5.74) is 0. The molecule has 2 atom stereocenters. The van der Waals surface area contributed by atoms with Crippen LogP contribution in [0.5, 0.6) is 0 Å². The van der Waals surface area contributed by atoms with Gasteiger partial charge in [0.2, 0.25) is 0 Å². The van der Waals surface area contributed by atoms with Crippen molar-refractivity contribution in [3.63, 3.8) is 0 Å². The van der Waals surface area contributed by atoms with Gasteiger partial charge in [0.15, 0.2) is 0 Å². The lowest BCUT2D eigenvalue weighted by Gasteiger charge is -2.08. The molecule has 60 valence electrons. The van der Waals surface area contributed by atoms with Crippen molar-refractivity contribution < 1.29 is 0 Å². The largest absolute Gasteiger partial charge is 0.317 e. The van der Waals surface area contributed by atoms with Gasteiger partial charge in [-0.3, -0.25) is 0 Å². The molecule has 0 aromatic rings. The lowest BCUT2D eigenvalue weighted by Crippen LogP contribution is -2.21. The predicted molar refractivity (Wildman–Crippen MR) is 48.6 cm³/mol. The quantitative estimate of drug-likeness (QED) is 0.675. The van der Waals surface area contributed by atoms with Crippen molar-refractivity contribution in [2.45, 2.75) is 37.5 Å². The van der Waals surface area contributed by atoms with Gasteiger partial charge in [0.25, 0.3) is 0 Å². The summed E-state index contributed by atoms with van der Waals surface area (Å²) in [6.07, 6.45) is 4.19. The molecule has 1 nitrogen and oxygen atoms in total. The first-order chi connectivity index (χ1) is 4.86. The summed E-state index contributed by atoms with van der Waals surface area (Å²) in [5, 5.41) is 4.29. The molecular weight excluding hydrogens is 142 g/mol. The first-order valence-corrected chi connectivity index (χ1v) is 5.20. The van der Waals surface area contributed by atoms with E-state index in [9.17, 15) is 0 Å². The lowest BCUT2D eigenvalue weighted by atomic mass is 10.3. The maximum atomic E-state index is 3.34. The van der Waals surface area contributed by atoms with Crippen molar-refractivity contribution in [2.24, 2.45) is 0 Å². The molecule has 1 fully saturated rings. The van der Waals surface area contributed by atoms with Gasteiger partial charge in [-0.05, 0) is 32.1 Å². The third kappa shape index (κ3) is 2.17. The van der Waals surface area contributed by atoms with Gasteiger partial charge in [-0.15, -0.1) is 0 Å². The van der Waals surface area contributed by atoms with Gasteiger partial charge in [0, 0.05) is 11.3 Å². The number of hydrogen-bond donors (Lipinski definition) is 1. The van der Waals surface area contributed by atoms with Crippen LogP contribution in [0, 0.1) is 0 Å². The van der Waals surface area contributed by atoms with Crippen molar-refractivity contribution in [2.75, 3.05) is 12.8 Å². The zero-order chi connectivity index (χ0) is 7.40. The van der Waals surface area contributed by atoms with Crippen molar-refractivity contribution >= 4 is 11.8 Å². The number of thioether (sulfide) groups is 1. The molecule has 0 spiro atoms. The van der Waals surface area contributed by atoms with Gasteiger partial charge >= 0.3 is 0 Å². The van der Waals surface area contributed by atoms with Gasteiger partial charge in [0.05, 0.1) is 0 Å². The normalized spacial score (nSPS) is 33.0. The fourth-order valence-corrected chi connectivity index (χ4v) is 2.73. The Labute approximate surface area is 68.0 Å². The summed E-state index contributed by atoms with van der Waals surface area (Å²) >= 11 is 2.12. The minimum atomic E-state index is 0.809. The van der Waals surface area contributed by atoms with Crippen LogP contribution in [0.2, 0.25) is 0 Å². The highest BCUT2D eigenvalue weighted by molar-refractivity contribution is 7.99.